The van der Waals surface area contributed by atoms with Crippen molar-refractivity contribution in [3.63, 3.8) is 0 Å². The van der Waals surface area contributed by atoms with E-state index in [0.717, 1.165) is 24.8 Å². The maximum Gasteiger partial charge on any atom is 0.306 e. The van der Waals surface area contributed by atoms with Gasteiger partial charge < -0.3 is 10.5 Å². The molecular formula is C13H19NO2. The first-order valence-electron chi connectivity index (χ1n) is 5.73. The highest BCUT2D eigenvalue weighted by molar-refractivity contribution is 5.69. The van der Waals surface area contributed by atoms with Crippen LogP contribution in [0.2, 0.25) is 0 Å². The molecule has 0 aromatic heterocycles. The number of hydrogen-bond acceptors (Lipinski definition) is 3. The molecule has 1 aromatic rings. The van der Waals surface area contributed by atoms with Crippen molar-refractivity contribution in [2.75, 3.05) is 5.73 Å². The molecule has 0 atom stereocenters. The van der Waals surface area contributed by atoms with E-state index in [4.69, 9.17) is 10.5 Å². The van der Waals surface area contributed by atoms with Crippen molar-refractivity contribution >= 4 is 11.7 Å². The van der Waals surface area contributed by atoms with E-state index in [1.54, 1.807) is 6.07 Å². The van der Waals surface area contributed by atoms with Gasteiger partial charge in [0, 0.05) is 17.7 Å². The third kappa shape index (κ3) is 4.34. The smallest absolute Gasteiger partial charge is 0.306 e. The minimum absolute atomic E-state index is 0.142. The molecule has 0 heterocycles. The Kier molecular flexibility index (Phi) is 5.40. The number of carbonyl (C=O) groups excluding carboxylic acids is 1. The van der Waals surface area contributed by atoms with Crippen molar-refractivity contribution < 1.29 is 9.53 Å². The predicted octanol–water partition coefficient (Wildman–Crippen LogP) is 2.89. The van der Waals surface area contributed by atoms with E-state index in [1.807, 2.05) is 18.2 Å². The highest BCUT2D eigenvalue weighted by atomic mass is 16.5. The van der Waals surface area contributed by atoms with E-state index in [0.29, 0.717) is 12.1 Å². The molecule has 0 saturated carbocycles. The van der Waals surface area contributed by atoms with Gasteiger partial charge in [-0.2, -0.15) is 0 Å². The summed E-state index contributed by atoms with van der Waals surface area (Å²) in [4.78, 5) is 11.3. The summed E-state index contributed by atoms with van der Waals surface area (Å²) in [5.41, 5.74) is 7.27. The topological polar surface area (TPSA) is 52.3 Å². The van der Waals surface area contributed by atoms with Gasteiger partial charge >= 0.3 is 5.97 Å². The van der Waals surface area contributed by atoms with Crippen LogP contribution in [0, 0.1) is 0 Å². The highest BCUT2D eigenvalue weighted by Gasteiger charge is 2.04. The monoisotopic (exact) mass is 221 g/mol. The maximum atomic E-state index is 11.3. The molecule has 0 aliphatic carbocycles. The molecule has 1 aromatic carbocycles. The molecule has 88 valence electrons. The molecule has 0 radical (unpaired) electrons. The van der Waals surface area contributed by atoms with Crippen LogP contribution in [-0.2, 0) is 16.1 Å². The third-order valence-corrected chi connectivity index (χ3v) is 2.43. The number of unbranched alkanes of at least 4 members (excludes halogenated alkanes) is 2. The van der Waals surface area contributed by atoms with Crippen LogP contribution >= 0.6 is 0 Å². The largest absolute Gasteiger partial charge is 0.461 e. The van der Waals surface area contributed by atoms with Gasteiger partial charge in [0.25, 0.3) is 0 Å². The van der Waals surface area contributed by atoms with Crippen molar-refractivity contribution in [2.45, 2.75) is 39.2 Å². The first kappa shape index (κ1) is 12.6. The van der Waals surface area contributed by atoms with Gasteiger partial charge in [0.15, 0.2) is 0 Å². The molecule has 0 bridgehead atoms. The number of nitrogens with two attached hydrogens (primary N) is 1. The van der Waals surface area contributed by atoms with Crippen LogP contribution in [0.15, 0.2) is 24.3 Å². The Morgan fingerprint density at radius 2 is 2.06 bits per heavy atom. The molecule has 0 aliphatic heterocycles. The molecule has 0 aliphatic rings. The van der Waals surface area contributed by atoms with Gasteiger partial charge in [-0.3, -0.25) is 4.79 Å². The molecule has 3 heteroatoms. The standard InChI is InChI=1S/C13H19NO2/c1-2-3-4-9-13(15)16-10-11-7-5-6-8-12(11)14/h5-8H,2-4,9-10,14H2,1H3. The molecule has 1 rings (SSSR count). The van der Waals surface area contributed by atoms with Crippen molar-refractivity contribution in [3.05, 3.63) is 29.8 Å². The van der Waals surface area contributed by atoms with Crippen LogP contribution in [0.25, 0.3) is 0 Å². The second kappa shape index (κ2) is 6.88. The predicted molar refractivity (Wildman–Crippen MR) is 64.8 cm³/mol. The van der Waals surface area contributed by atoms with Gasteiger partial charge in [-0.25, -0.2) is 0 Å². The van der Waals surface area contributed by atoms with Gasteiger partial charge in [-0.05, 0) is 12.5 Å². The van der Waals surface area contributed by atoms with Crippen LogP contribution in [0.4, 0.5) is 5.69 Å². The van der Waals surface area contributed by atoms with Crippen LogP contribution in [0.1, 0.15) is 38.2 Å². The number of hydrogen-bond donors (Lipinski definition) is 1. The molecule has 0 saturated heterocycles. The Balaban J connectivity index is 2.29. The van der Waals surface area contributed by atoms with Crippen LogP contribution < -0.4 is 5.73 Å². The van der Waals surface area contributed by atoms with Gasteiger partial charge in [-0.1, -0.05) is 38.0 Å². The summed E-state index contributed by atoms with van der Waals surface area (Å²) in [5, 5.41) is 0. The summed E-state index contributed by atoms with van der Waals surface area (Å²) in [7, 11) is 0. The van der Waals surface area contributed by atoms with Crippen molar-refractivity contribution in [1.82, 2.24) is 0 Å². The number of esters is 1. The lowest BCUT2D eigenvalue weighted by Crippen LogP contribution is -2.05. The minimum atomic E-state index is -0.142. The Labute approximate surface area is 96.6 Å². The second-order valence-electron chi connectivity index (χ2n) is 3.82. The number of anilines is 1. The third-order valence-electron chi connectivity index (χ3n) is 2.43. The lowest BCUT2D eigenvalue weighted by atomic mass is 10.2. The Morgan fingerprint density at radius 3 is 2.75 bits per heavy atom. The molecule has 0 spiro atoms. The SMILES string of the molecule is CCCCCC(=O)OCc1ccccc1N. The number of rotatable bonds is 6. The highest BCUT2D eigenvalue weighted by Crippen LogP contribution is 2.12. The van der Waals surface area contributed by atoms with Gasteiger partial charge in [0.2, 0.25) is 0 Å². The average Bonchev–Trinajstić information content (AvgIpc) is 2.28. The summed E-state index contributed by atoms with van der Waals surface area (Å²) in [5.74, 6) is -0.142. The first-order valence-corrected chi connectivity index (χ1v) is 5.73. The lowest BCUT2D eigenvalue weighted by molar-refractivity contribution is -0.145. The number of benzene rings is 1. The average molecular weight is 221 g/mol. The number of carbonyl (C=O) groups is 1. The van der Waals surface area contributed by atoms with Crippen LogP contribution in [0.5, 0.6) is 0 Å². The molecule has 0 amide bonds. The molecule has 0 fully saturated rings. The maximum absolute atomic E-state index is 11.3. The summed E-state index contributed by atoms with van der Waals surface area (Å²) in [6.45, 7) is 2.38. The fraction of sp³-hybridized carbons (Fsp3) is 0.462. The van der Waals surface area contributed by atoms with E-state index < -0.39 is 0 Å². The van der Waals surface area contributed by atoms with Gasteiger partial charge in [0.1, 0.15) is 6.61 Å². The zero-order valence-corrected chi connectivity index (χ0v) is 9.74. The van der Waals surface area contributed by atoms with E-state index in [1.165, 1.54) is 0 Å². The molecular weight excluding hydrogens is 202 g/mol. The quantitative estimate of drug-likeness (QED) is 0.456. The van der Waals surface area contributed by atoms with E-state index in [9.17, 15) is 4.79 Å². The summed E-state index contributed by atoms with van der Waals surface area (Å²) >= 11 is 0. The molecule has 0 unspecified atom stereocenters. The summed E-state index contributed by atoms with van der Waals surface area (Å²) < 4.78 is 5.14. The number of para-hydroxylation sites is 1. The van der Waals surface area contributed by atoms with Crippen LogP contribution in [0.3, 0.4) is 0 Å². The van der Waals surface area contributed by atoms with E-state index >= 15 is 0 Å². The zero-order valence-electron chi connectivity index (χ0n) is 9.74. The summed E-state index contributed by atoms with van der Waals surface area (Å²) in [6, 6.07) is 7.42. The Hall–Kier alpha value is -1.51. The van der Waals surface area contributed by atoms with E-state index in [-0.39, 0.29) is 12.6 Å². The van der Waals surface area contributed by atoms with Crippen molar-refractivity contribution in [1.29, 1.82) is 0 Å². The molecule has 16 heavy (non-hydrogen) atoms. The van der Waals surface area contributed by atoms with Crippen molar-refractivity contribution in [2.24, 2.45) is 0 Å². The van der Waals surface area contributed by atoms with Gasteiger partial charge in [0.05, 0.1) is 0 Å². The zero-order chi connectivity index (χ0) is 11.8. The number of ether oxygens (including phenoxy) is 1. The fourth-order valence-corrected chi connectivity index (χ4v) is 1.42. The normalized spacial score (nSPS) is 10.1. The van der Waals surface area contributed by atoms with Crippen molar-refractivity contribution in [3.8, 4) is 0 Å². The Morgan fingerprint density at radius 1 is 1.31 bits per heavy atom. The molecule has 3 nitrogen and oxygen atoms in total. The van der Waals surface area contributed by atoms with Gasteiger partial charge in [-0.15, -0.1) is 0 Å². The van der Waals surface area contributed by atoms with E-state index in [2.05, 4.69) is 6.92 Å². The minimum Gasteiger partial charge on any atom is -0.461 e. The Bertz CT molecular complexity index is 336. The number of nitrogen functional groups attached to an aromatic ring is 1. The first-order chi connectivity index (χ1) is 7.74. The summed E-state index contributed by atoms with van der Waals surface area (Å²) in [6.07, 6.45) is 3.58. The fourth-order valence-electron chi connectivity index (χ4n) is 1.42. The molecule has 2 N–H and O–H groups in total. The lowest BCUT2D eigenvalue weighted by Gasteiger charge is -2.06. The van der Waals surface area contributed by atoms with Crippen LogP contribution in [-0.4, -0.2) is 5.97 Å². The second-order valence-corrected chi connectivity index (χ2v) is 3.82.